The van der Waals surface area contributed by atoms with E-state index in [1.165, 1.54) is 0 Å². The van der Waals surface area contributed by atoms with Crippen molar-refractivity contribution in [3.63, 3.8) is 0 Å². The molecule has 1 aliphatic heterocycles. The summed E-state index contributed by atoms with van der Waals surface area (Å²) >= 11 is 0. The van der Waals surface area contributed by atoms with Crippen LogP contribution in [0.25, 0.3) is 11.6 Å². The van der Waals surface area contributed by atoms with Crippen molar-refractivity contribution < 1.29 is 9.32 Å². The molecule has 7 nitrogen and oxygen atoms in total. The molecule has 1 aromatic carbocycles. The number of fused-ring (bicyclic) bond motifs is 1. The molecule has 0 aliphatic carbocycles. The number of aromatic nitrogens is 4. The Labute approximate surface area is 138 Å². The lowest BCUT2D eigenvalue weighted by Crippen LogP contribution is -2.26. The molecule has 0 fully saturated rings. The smallest absolute Gasteiger partial charge is 0.278 e. The standard InChI is InChI=1S/C17H17N5O2/c1-3-14-18-16(24-20-14)15-12-9-22(10-13(12)21(2)19-15)17(23)11-7-5-4-6-8-11/h4-8H,3,9-10H2,1-2H3. The fourth-order valence-corrected chi connectivity index (χ4v) is 2.97. The van der Waals surface area contributed by atoms with Crippen LogP contribution in [0.15, 0.2) is 34.9 Å². The molecule has 7 heteroatoms. The number of nitrogens with zero attached hydrogens (tertiary/aromatic N) is 5. The highest BCUT2D eigenvalue weighted by Gasteiger charge is 2.32. The van der Waals surface area contributed by atoms with Crippen LogP contribution < -0.4 is 0 Å². The molecular formula is C17H17N5O2. The summed E-state index contributed by atoms with van der Waals surface area (Å²) in [6.07, 6.45) is 0.705. The van der Waals surface area contributed by atoms with Gasteiger partial charge < -0.3 is 9.42 Å². The molecule has 3 aromatic rings. The van der Waals surface area contributed by atoms with E-state index < -0.39 is 0 Å². The van der Waals surface area contributed by atoms with Crippen molar-refractivity contribution in [2.24, 2.45) is 7.05 Å². The van der Waals surface area contributed by atoms with Gasteiger partial charge in [0.2, 0.25) is 0 Å². The second-order valence-electron chi connectivity index (χ2n) is 5.79. The van der Waals surface area contributed by atoms with Gasteiger partial charge in [-0.15, -0.1) is 0 Å². The lowest BCUT2D eigenvalue weighted by Gasteiger charge is -2.16. The minimum Gasteiger partial charge on any atom is -0.332 e. The number of carbonyl (C=O) groups is 1. The first-order valence-electron chi connectivity index (χ1n) is 7.89. The van der Waals surface area contributed by atoms with Crippen LogP contribution in [0.2, 0.25) is 0 Å². The monoisotopic (exact) mass is 323 g/mol. The second-order valence-corrected chi connectivity index (χ2v) is 5.79. The summed E-state index contributed by atoms with van der Waals surface area (Å²) < 4.78 is 7.11. The van der Waals surface area contributed by atoms with Gasteiger partial charge in [-0.3, -0.25) is 9.48 Å². The van der Waals surface area contributed by atoms with Crippen LogP contribution in [-0.2, 0) is 26.6 Å². The van der Waals surface area contributed by atoms with Crippen molar-refractivity contribution in [1.82, 2.24) is 24.8 Å². The second kappa shape index (κ2) is 5.59. The van der Waals surface area contributed by atoms with Gasteiger partial charge in [0.1, 0.15) is 0 Å². The average molecular weight is 323 g/mol. The van der Waals surface area contributed by atoms with Crippen molar-refractivity contribution in [2.75, 3.05) is 0 Å². The van der Waals surface area contributed by atoms with Crippen LogP contribution in [0.5, 0.6) is 0 Å². The molecule has 1 amide bonds. The minimum absolute atomic E-state index is 0.0116. The Hall–Kier alpha value is -2.96. The number of carbonyl (C=O) groups excluding carboxylic acids is 1. The van der Waals surface area contributed by atoms with Gasteiger partial charge in [0.15, 0.2) is 11.5 Å². The lowest BCUT2D eigenvalue weighted by molar-refractivity contribution is 0.0748. The Morgan fingerprint density at radius 1 is 1.25 bits per heavy atom. The SMILES string of the molecule is CCc1noc(-c2nn(C)c3c2CN(C(=O)c2ccccc2)C3)n1. The van der Waals surface area contributed by atoms with Gasteiger partial charge in [-0.1, -0.05) is 30.3 Å². The molecule has 0 unspecified atom stereocenters. The first-order valence-corrected chi connectivity index (χ1v) is 7.89. The van der Waals surface area contributed by atoms with Gasteiger partial charge in [-0.05, 0) is 12.1 Å². The van der Waals surface area contributed by atoms with E-state index in [4.69, 9.17) is 4.52 Å². The summed E-state index contributed by atoms with van der Waals surface area (Å²) in [4.78, 5) is 18.8. The Balaban J connectivity index is 1.65. The van der Waals surface area contributed by atoms with Gasteiger partial charge in [-0.25, -0.2) is 0 Å². The molecule has 0 saturated heterocycles. The predicted molar refractivity (Wildman–Crippen MR) is 85.9 cm³/mol. The molecule has 4 rings (SSSR count). The van der Waals surface area contributed by atoms with Gasteiger partial charge in [0.05, 0.1) is 18.8 Å². The van der Waals surface area contributed by atoms with Crippen molar-refractivity contribution in [2.45, 2.75) is 26.4 Å². The first kappa shape index (κ1) is 14.6. The highest BCUT2D eigenvalue weighted by Crippen LogP contribution is 2.32. The normalized spacial score (nSPS) is 13.3. The zero-order chi connectivity index (χ0) is 16.7. The third-order valence-electron chi connectivity index (χ3n) is 4.26. The number of aryl methyl sites for hydroxylation is 2. The molecule has 0 saturated carbocycles. The predicted octanol–water partition coefficient (Wildman–Crippen LogP) is 2.19. The zero-order valence-electron chi connectivity index (χ0n) is 13.6. The van der Waals surface area contributed by atoms with Gasteiger partial charge in [-0.2, -0.15) is 10.1 Å². The van der Waals surface area contributed by atoms with E-state index in [9.17, 15) is 4.79 Å². The topological polar surface area (TPSA) is 77.0 Å². The molecule has 122 valence electrons. The maximum absolute atomic E-state index is 12.7. The molecule has 0 bridgehead atoms. The molecule has 1 aliphatic rings. The van der Waals surface area contributed by atoms with E-state index in [2.05, 4.69) is 15.2 Å². The Bertz CT molecular complexity index is 897. The molecule has 0 radical (unpaired) electrons. The number of hydrogen-bond acceptors (Lipinski definition) is 5. The summed E-state index contributed by atoms with van der Waals surface area (Å²) in [5, 5.41) is 8.43. The largest absolute Gasteiger partial charge is 0.332 e. The highest BCUT2D eigenvalue weighted by atomic mass is 16.5. The molecule has 3 heterocycles. The van der Waals surface area contributed by atoms with Gasteiger partial charge >= 0.3 is 0 Å². The number of hydrogen-bond donors (Lipinski definition) is 0. The summed E-state index contributed by atoms with van der Waals surface area (Å²) in [5.41, 5.74) is 3.34. The quantitative estimate of drug-likeness (QED) is 0.738. The molecule has 0 atom stereocenters. The maximum atomic E-state index is 12.7. The van der Waals surface area contributed by atoms with Crippen molar-refractivity contribution in [1.29, 1.82) is 0 Å². The van der Waals surface area contributed by atoms with Crippen molar-refractivity contribution >= 4 is 5.91 Å². The Morgan fingerprint density at radius 3 is 2.75 bits per heavy atom. The van der Waals surface area contributed by atoms with Crippen molar-refractivity contribution in [3.8, 4) is 11.6 Å². The zero-order valence-corrected chi connectivity index (χ0v) is 13.6. The van der Waals surface area contributed by atoms with E-state index in [1.54, 1.807) is 4.68 Å². The minimum atomic E-state index is 0.0116. The third-order valence-corrected chi connectivity index (χ3v) is 4.26. The Morgan fingerprint density at radius 2 is 2.04 bits per heavy atom. The van der Waals surface area contributed by atoms with Crippen LogP contribution >= 0.6 is 0 Å². The molecule has 2 aromatic heterocycles. The summed E-state index contributed by atoms with van der Waals surface area (Å²) in [7, 11) is 1.87. The van der Waals surface area contributed by atoms with Crippen molar-refractivity contribution in [3.05, 3.63) is 53.0 Å². The van der Waals surface area contributed by atoms with Crippen LogP contribution in [0.4, 0.5) is 0 Å². The summed E-state index contributed by atoms with van der Waals surface area (Å²) in [6, 6.07) is 9.30. The fraction of sp³-hybridized carbons (Fsp3) is 0.294. The molecular weight excluding hydrogens is 306 g/mol. The van der Waals surface area contributed by atoms with Gasteiger partial charge in [0.25, 0.3) is 11.8 Å². The van der Waals surface area contributed by atoms with E-state index >= 15 is 0 Å². The summed E-state index contributed by atoms with van der Waals surface area (Å²) in [5.74, 6) is 1.08. The van der Waals surface area contributed by atoms with Crippen LogP contribution in [0.1, 0.15) is 34.4 Å². The van der Waals surface area contributed by atoms with E-state index in [0.29, 0.717) is 42.5 Å². The fourth-order valence-electron chi connectivity index (χ4n) is 2.97. The van der Waals surface area contributed by atoms with Gasteiger partial charge in [0, 0.05) is 24.6 Å². The lowest BCUT2D eigenvalue weighted by atomic mass is 10.2. The van der Waals surface area contributed by atoms with Crippen LogP contribution in [0.3, 0.4) is 0 Å². The molecule has 24 heavy (non-hydrogen) atoms. The molecule has 0 N–H and O–H groups in total. The first-order chi connectivity index (χ1) is 11.7. The number of amides is 1. The summed E-state index contributed by atoms with van der Waals surface area (Å²) in [6.45, 7) is 3.00. The van der Waals surface area contributed by atoms with E-state index in [1.807, 2.05) is 49.2 Å². The highest BCUT2D eigenvalue weighted by molar-refractivity contribution is 5.94. The average Bonchev–Trinajstić information content (AvgIpc) is 3.31. The van der Waals surface area contributed by atoms with E-state index in [-0.39, 0.29) is 5.91 Å². The Kier molecular flexibility index (Phi) is 3.41. The third kappa shape index (κ3) is 2.29. The molecule has 0 spiro atoms. The van der Waals surface area contributed by atoms with Crippen LogP contribution in [-0.4, -0.2) is 30.7 Å². The van der Waals surface area contributed by atoms with E-state index in [0.717, 1.165) is 11.3 Å². The van der Waals surface area contributed by atoms with Crippen LogP contribution in [0, 0.1) is 0 Å². The number of rotatable bonds is 3. The number of benzene rings is 1. The maximum Gasteiger partial charge on any atom is 0.278 e.